The molecule has 4 N–H and O–H groups in total. The first-order chi connectivity index (χ1) is 10.1. The molecule has 9 nitrogen and oxygen atoms in total. The molecule has 2 aromatic rings. The normalized spacial score (nSPS) is 11.9. The minimum atomic E-state index is -1.11. The Morgan fingerprint density at radius 1 is 1.48 bits per heavy atom. The lowest BCUT2D eigenvalue weighted by molar-refractivity contribution is -0.139. The van der Waals surface area contributed by atoms with E-state index in [1.165, 1.54) is 17.4 Å². The predicted molar refractivity (Wildman–Crippen MR) is 72.3 cm³/mol. The lowest BCUT2D eigenvalue weighted by Crippen LogP contribution is -2.47. The summed E-state index contributed by atoms with van der Waals surface area (Å²) in [5.74, 6) is -0.488. The molecule has 1 atom stereocenters. The number of rotatable bonds is 6. The molecular weight excluding hydrogens is 276 g/mol. The van der Waals surface area contributed by atoms with Crippen LogP contribution in [0.1, 0.15) is 11.5 Å². The molecule has 9 heteroatoms. The molecule has 0 aliphatic rings. The van der Waals surface area contributed by atoms with Crippen molar-refractivity contribution in [3.8, 4) is 0 Å². The zero-order chi connectivity index (χ0) is 15.2. The van der Waals surface area contributed by atoms with Crippen molar-refractivity contribution in [2.45, 2.75) is 19.0 Å². The Morgan fingerprint density at radius 3 is 2.86 bits per heavy atom. The van der Waals surface area contributed by atoms with Crippen molar-refractivity contribution in [3.63, 3.8) is 0 Å². The van der Waals surface area contributed by atoms with Crippen molar-refractivity contribution < 1.29 is 14.7 Å². The summed E-state index contributed by atoms with van der Waals surface area (Å²) in [5, 5.41) is 11.6. The summed E-state index contributed by atoms with van der Waals surface area (Å²) in [4.78, 5) is 38.1. The molecule has 0 radical (unpaired) electrons. The van der Waals surface area contributed by atoms with Crippen LogP contribution in [0.2, 0.25) is 0 Å². The third kappa shape index (κ3) is 4.06. The van der Waals surface area contributed by atoms with E-state index in [-0.39, 0.29) is 13.0 Å². The average molecular weight is 292 g/mol. The van der Waals surface area contributed by atoms with Crippen LogP contribution in [0.3, 0.4) is 0 Å². The summed E-state index contributed by atoms with van der Waals surface area (Å²) in [6.45, 7) is 0.259. The SMILES string of the molecule is CN(Cc1ncc[nH]1)C(=O)NC(Cc1cnc[nH]1)C(=O)O. The molecule has 0 spiro atoms. The molecule has 112 valence electrons. The first-order valence-corrected chi connectivity index (χ1v) is 6.26. The van der Waals surface area contributed by atoms with Crippen LogP contribution in [0.25, 0.3) is 0 Å². The van der Waals surface area contributed by atoms with E-state index in [9.17, 15) is 14.7 Å². The number of carboxylic acid groups (broad SMARTS) is 1. The van der Waals surface area contributed by atoms with Crippen molar-refractivity contribution in [2.24, 2.45) is 0 Å². The van der Waals surface area contributed by atoms with Gasteiger partial charge in [-0.15, -0.1) is 0 Å². The van der Waals surface area contributed by atoms with Crippen LogP contribution in [-0.4, -0.2) is 55.0 Å². The van der Waals surface area contributed by atoms with Crippen molar-refractivity contribution >= 4 is 12.0 Å². The van der Waals surface area contributed by atoms with Gasteiger partial charge in [-0.3, -0.25) is 0 Å². The summed E-state index contributed by atoms with van der Waals surface area (Å²) < 4.78 is 0. The molecule has 2 amide bonds. The molecule has 0 aliphatic carbocycles. The van der Waals surface area contributed by atoms with Gasteiger partial charge in [-0.05, 0) is 0 Å². The standard InChI is InChI=1S/C12H16N6O3/c1-18(6-10-14-2-3-15-10)12(21)17-9(11(19)20)4-8-5-13-7-16-8/h2-3,5,7,9H,4,6H2,1H3,(H,13,16)(H,14,15)(H,17,21)(H,19,20). The Balaban J connectivity index is 1.92. The second-order valence-electron chi connectivity index (χ2n) is 4.51. The highest BCUT2D eigenvalue weighted by molar-refractivity contribution is 5.82. The number of aromatic amines is 2. The topological polar surface area (TPSA) is 127 Å². The second kappa shape index (κ2) is 6.55. The molecule has 2 aromatic heterocycles. The third-order valence-corrected chi connectivity index (χ3v) is 2.86. The van der Waals surface area contributed by atoms with Crippen LogP contribution in [0, 0.1) is 0 Å². The van der Waals surface area contributed by atoms with Crippen molar-refractivity contribution in [1.29, 1.82) is 0 Å². The highest BCUT2D eigenvalue weighted by atomic mass is 16.4. The first-order valence-electron chi connectivity index (χ1n) is 6.26. The number of aliphatic carboxylic acids is 1. The maximum Gasteiger partial charge on any atom is 0.326 e. The molecule has 1 unspecified atom stereocenters. The van der Waals surface area contributed by atoms with E-state index in [1.54, 1.807) is 19.4 Å². The Labute approximate surface area is 120 Å². The highest BCUT2D eigenvalue weighted by Crippen LogP contribution is 2.01. The monoisotopic (exact) mass is 292 g/mol. The highest BCUT2D eigenvalue weighted by Gasteiger charge is 2.23. The Bertz CT molecular complexity index is 580. The summed E-state index contributed by atoms with van der Waals surface area (Å²) in [6, 6.07) is -1.52. The molecular formula is C12H16N6O3. The number of imidazole rings is 2. The number of hydrogen-bond acceptors (Lipinski definition) is 4. The van der Waals surface area contributed by atoms with Crippen LogP contribution < -0.4 is 5.32 Å². The maximum absolute atomic E-state index is 12.0. The lowest BCUT2D eigenvalue weighted by atomic mass is 10.1. The molecule has 0 bridgehead atoms. The van der Waals surface area contributed by atoms with Crippen LogP contribution in [0.5, 0.6) is 0 Å². The maximum atomic E-state index is 12.0. The van der Waals surface area contributed by atoms with Gasteiger partial charge in [0.2, 0.25) is 0 Å². The summed E-state index contributed by atoms with van der Waals surface area (Å²) in [7, 11) is 1.56. The van der Waals surface area contributed by atoms with Crippen molar-refractivity contribution in [1.82, 2.24) is 30.2 Å². The number of carbonyl (C=O) groups is 2. The lowest BCUT2D eigenvalue weighted by Gasteiger charge is -2.20. The Morgan fingerprint density at radius 2 is 2.29 bits per heavy atom. The number of nitrogens with zero attached hydrogens (tertiary/aromatic N) is 3. The molecule has 0 saturated carbocycles. The quantitative estimate of drug-likeness (QED) is 0.594. The number of urea groups is 1. The number of nitrogens with one attached hydrogen (secondary N) is 3. The number of carbonyl (C=O) groups excluding carboxylic acids is 1. The minimum absolute atomic E-state index is 0.135. The van der Waals surface area contributed by atoms with Crippen LogP contribution >= 0.6 is 0 Å². The van der Waals surface area contributed by atoms with Gasteiger partial charge in [0.15, 0.2) is 0 Å². The number of H-pyrrole nitrogens is 2. The predicted octanol–water partition coefficient (Wildman–Crippen LogP) is -0.0299. The zero-order valence-electron chi connectivity index (χ0n) is 11.4. The van der Waals surface area contributed by atoms with E-state index >= 15 is 0 Å². The van der Waals surface area contributed by atoms with Crippen LogP contribution in [0.15, 0.2) is 24.9 Å². The second-order valence-corrected chi connectivity index (χ2v) is 4.51. The van der Waals surface area contributed by atoms with Gasteiger partial charge in [-0.1, -0.05) is 0 Å². The van der Waals surface area contributed by atoms with Gasteiger partial charge < -0.3 is 25.3 Å². The van der Waals surface area contributed by atoms with Gasteiger partial charge in [0.25, 0.3) is 0 Å². The smallest absolute Gasteiger partial charge is 0.326 e. The van der Waals surface area contributed by atoms with Gasteiger partial charge in [-0.25, -0.2) is 19.6 Å². The van der Waals surface area contributed by atoms with E-state index in [1.807, 2.05) is 0 Å². The van der Waals surface area contributed by atoms with E-state index in [4.69, 9.17) is 0 Å². The zero-order valence-corrected chi connectivity index (χ0v) is 11.4. The fourth-order valence-corrected chi connectivity index (χ4v) is 1.76. The number of amides is 2. The van der Waals surface area contributed by atoms with E-state index in [0.29, 0.717) is 11.5 Å². The average Bonchev–Trinajstić information content (AvgIpc) is 3.10. The number of carboxylic acids is 1. The Kier molecular flexibility index (Phi) is 4.54. The first kappa shape index (κ1) is 14.6. The van der Waals surface area contributed by atoms with Crippen LogP contribution in [0.4, 0.5) is 4.79 Å². The molecule has 0 fully saturated rings. The van der Waals surface area contributed by atoms with E-state index in [0.717, 1.165) is 0 Å². The van der Waals surface area contributed by atoms with Crippen LogP contribution in [-0.2, 0) is 17.8 Å². The molecule has 21 heavy (non-hydrogen) atoms. The minimum Gasteiger partial charge on any atom is -0.480 e. The van der Waals surface area contributed by atoms with E-state index < -0.39 is 18.0 Å². The van der Waals surface area contributed by atoms with Gasteiger partial charge >= 0.3 is 12.0 Å². The number of aromatic nitrogens is 4. The van der Waals surface area contributed by atoms with Crippen molar-refractivity contribution in [3.05, 3.63) is 36.4 Å². The van der Waals surface area contributed by atoms with Gasteiger partial charge in [0, 0.05) is 37.8 Å². The van der Waals surface area contributed by atoms with Gasteiger partial charge in [0.1, 0.15) is 11.9 Å². The van der Waals surface area contributed by atoms with Gasteiger partial charge in [-0.2, -0.15) is 0 Å². The molecule has 2 heterocycles. The fourth-order valence-electron chi connectivity index (χ4n) is 1.76. The molecule has 0 aliphatic heterocycles. The summed E-state index contributed by atoms with van der Waals surface area (Å²) in [5.41, 5.74) is 0.636. The summed E-state index contributed by atoms with van der Waals surface area (Å²) in [6.07, 6.45) is 6.35. The molecule has 2 rings (SSSR count). The van der Waals surface area contributed by atoms with E-state index in [2.05, 4.69) is 25.3 Å². The van der Waals surface area contributed by atoms with Gasteiger partial charge in [0.05, 0.1) is 12.9 Å². The fraction of sp³-hybridized carbons (Fsp3) is 0.333. The van der Waals surface area contributed by atoms with Crippen molar-refractivity contribution in [2.75, 3.05) is 7.05 Å². The molecule has 0 saturated heterocycles. The third-order valence-electron chi connectivity index (χ3n) is 2.86. The number of hydrogen-bond donors (Lipinski definition) is 4. The molecule has 0 aromatic carbocycles. The Hall–Kier alpha value is -2.84. The summed E-state index contributed by atoms with van der Waals surface area (Å²) >= 11 is 0. The largest absolute Gasteiger partial charge is 0.480 e.